The Balaban J connectivity index is 2.20. The molecule has 1 aliphatic carbocycles. The van der Waals surface area contributed by atoms with Gasteiger partial charge in [0.05, 0.1) is 13.2 Å². The molecule has 0 aromatic rings. The minimum Gasteiger partial charge on any atom is -0.414 e. The van der Waals surface area contributed by atoms with Gasteiger partial charge in [-0.1, -0.05) is 47.5 Å². The highest BCUT2D eigenvalue weighted by Gasteiger charge is 2.53. The van der Waals surface area contributed by atoms with Gasteiger partial charge >= 0.3 is 0 Å². The Kier molecular flexibility index (Phi) is 5.81. The Bertz CT molecular complexity index is 575. The summed E-state index contributed by atoms with van der Waals surface area (Å²) in [5.74, 6) is 5.32. The lowest BCUT2D eigenvalue weighted by Gasteiger charge is -2.52. The standard InChI is InChI=1S/C21H38O4Si/c1-16-14-17(25-26(8,9)18(2,3)4)15-19(5,6)21(16,22)11-10-20(7)23-12-13-24-20/h16-17,22H,12-15H2,1-9H3/t16-,17+,21+/m0/s1. The molecule has 0 radical (unpaired) electrons. The van der Waals surface area contributed by atoms with E-state index in [9.17, 15) is 5.11 Å². The van der Waals surface area contributed by atoms with Crippen LogP contribution in [0.1, 0.15) is 61.3 Å². The van der Waals surface area contributed by atoms with Gasteiger partial charge in [-0.3, -0.25) is 0 Å². The summed E-state index contributed by atoms with van der Waals surface area (Å²) in [6, 6.07) is 0. The second-order valence-corrected chi connectivity index (χ2v) is 15.1. The average molecular weight is 383 g/mol. The molecule has 1 saturated carbocycles. The van der Waals surface area contributed by atoms with Crippen LogP contribution >= 0.6 is 0 Å². The topological polar surface area (TPSA) is 47.9 Å². The fraction of sp³-hybridized carbons (Fsp3) is 0.905. The summed E-state index contributed by atoms with van der Waals surface area (Å²) in [5, 5.41) is 11.7. The van der Waals surface area contributed by atoms with Crippen molar-refractivity contribution in [1.29, 1.82) is 0 Å². The number of rotatable bonds is 2. The molecule has 0 unspecified atom stereocenters. The molecule has 2 rings (SSSR count). The molecule has 0 bridgehead atoms. The maximum absolute atomic E-state index is 11.5. The predicted octanol–water partition coefficient (Wildman–Crippen LogP) is 4.33. The third kappa shape index (κ3) is 4.20. The van der Waals surface area contributed by atoms with Crippen molar-refractivity contribution in [3.63, 3.8) is 0 Å². The van der Waals surface area contributed by atoms with Crippen LogP contribution in [0.5, 0.6) is 0 Å². The molecule has 0 aromatic heterocycles. The Labute approximate surface area is 161 Å². The van der Waals surface area contributed by atoms with E-state index >= 15 is 0 Å². The number of hydrogen-bond acceptors (Lipinski definition) is 4. The largest absolute Gasteiger partial charge is 0.414 e. The van der Waals surface area contributed by atoms with Crippen LogP contribution < -0.4 is 0 Å². The minimum absolute atomic E-state index is 0.0125. The fourth-order valence-electron chi connectivity index (χ4n) is 3.81. The molecular formula is C21H38O4Si. The van der Waals surface area contributed by atoms with Gasteiger partial charge in [0.2, 0.25) is 5.79 Å². The third-order valence-corrected chi connectivity index (χ3v) is 11.2. The quantitative estimate of drug-likeness (QED) is 0.570. The zero-order valence-corrected chi connectivity index (χ0v) is 19.2. The highest BCUT2D eigenvalue weighted by molar-refractivity contribution is 6.74. The van der Waals surface area contributed by atoms with Crippen LogP contribution in [0.25, 0.3) is 0 Å². The van der Waals surface area contributed by atoms with Gasteiger partial charge in [0.25, 0.3) is 0 Å². The van der Waals surface area contributed by atoms with Crippen LogP contribution in [0.4, 0.5) is 0 Å². The molecule has 5 heteroatoms. The minimum atomic E-state index is -1.84. The molecule has 2 aliphatic rings. The molecule has 1 heterocycles. The first kappa shape index (κ1) is 21.9. The van der Waals surface area contributed by atoms with Gasteiger partial charge < -0.3 is 19.0 Å². The summed E-state index contributed by atoms with van der Waals surface area (Å²) in [4.78, 5) is 0. The van der Waals surface area contributed by atoms with Gasteiger partial charge in [-0.05, 0) is 42.8 Å². The van der Waals surface area contributed by atoms with Gasteiger partial charge in [-0.2, -0.15) is 0 Å². The lowest BCUT2D eigenvalue weighted by Crippen LogP contribution is -2.57. The first-order valence-electron chi connectivity index (χ1n) is 9.84. The average Bonchev–Trinajstić information content (AvgIpc) is 2.88. The molecule has 3 atom stereocenters. The van der Waals surface area contributed by atoms with E-state index in [0.29, 0.717) is 13.2 Å². The lowest BCUT2D eigenvalue weighted by molar-refractivity contribution is -0.120. The SMILES string of the molecule is C[C@H]1C[C@@H](O[Si](C)(C)C(C)(C)C)CC(C)(C)[C@@]1(O)C#CC1(C)OCCO1. The van der Waals surface area contributed by atoms with Crippen molar-refractivity contribution in [3.05, 3.63) is 0 Å². The highest BCUT2D eigenvalue weighted by atomic mass is 28.4. The molecule has 26 heavy (non-hydrogen) atoms. The van der Waals surface area contributed by atoms with Crippen molar-refractivity contribution in [2.75, 3.05) is 13.2 Å². The molecule has 0 spiro atoms. The van der Waals surface area contributed by atoms with Gasteiger partial charge in [0.1, 0.15) is 5.60 Å². The molecule has 150 valence electrons. The van der Waals surface area contributed by atoms with E-state index < -0.39 is 19.7 Å². The zero-order valence-electron chi connectivity index (χ0n) is 18.2. The highest BCUT2D eigenvalue weighted by Crippen LogP contribution is 2.49. The lowest BCUT2D eigenvalue weighted by atomic mass is 9.60. The fourth-order valence-corrected chi connectivity index (χ4v) is 5.18. The Morgan fingerprint density at radius 3 is 2.08 bits per heavy atom. The maximum atomic E-state index is 11.5. The van der Waals surface area contributed by atoms with Crippen LogP contribution in [0, 0.1) is 23.2 Å². The molecule has 1 saturated heterocycles. The molecule has 0 aromatic carbocycles. The monoisotopic (exact) mass is 382 g/mol. The molecular weight excluding hydrogens is 344 g/mol. The summed E-state index contributed by atoms with van der Waals surface area (Å²) in [6.45, 7) is 20.6. The summed E-state index contributed by atoms with van der Waals surface area (Å²) in [6.07, 6.45) is 1.78. The van der Waals surface area contributed by atoms with E-state index in [1.807, 2.05) is 6.92 Å². The molecule has 4 nitrogen and oxygen atoms in total. The van der Waals surface area contributed by atoms with E-state index in [0.717, 1.165) is 12.8 Å². The van der Waals surface area contributed by atoms with E-state index in [1.165, 1.54) is 0 Å². The zero-order chi connectivity index (χ0) is 20.0. The van der Waals surface area contributed by atoms with Crippen LogP contribution in [-0.2, 0) is 13.9 Å². The smallest absolute Gasteiger partial charge is 0.230 e. The van der Waals surface area contributed by atoms with Crippen molar-refractivity contribution < 1.29 is 19.0 Å². The number of ether oxygens (including phenoxy) is 2. The van der Waals surface area contributed by atoms with Gasteiger partial charge in [0, 0.05) is 18.4 Å². The maximum Gasteiger partial charge on any atom is 0.230 e. The Hall–Kier alpha value is -0.383. The van der Waals surface area contributed by atoms with E-state index in [4.69, 9.17) is 13.9 Å². The predicted molar refractivity (Wildman–Crippen MR) is 107 cm³/mol. The second kappa shape index (κ2) is 6.90. The van der Waals surface area contributed by atoms with E-state index in [-0.39, 0.29) is 22.5 Å². The first-order valence-corrected chi connectivity index (χ1v) is 12.8. The van der Waals surface area contributed by atoms with E-state index in [2.05, 4.69) is 66.5 Å². The van der Waals surface area contributed by atoms with Crippen molar-refractivity contribution in [2.45, 2.75) is 96.9 Å². The van der Waals surface area contributed by atoms with Crippen molar-refractivity contribution >= 4 is 8.32 Å². The van der Waals surface area contributed by atoms with Crippen LogP contribution in [0.3, 0.4) is 0 Å². The Morgan fingerprint density at radius 2 is 1.62 bits per heavy atom. The number of aliphatic hydroxyl groups is 1. The van der Waals surface area contributed by atoms with Crippen molar-refractivity contribution in [3.8, 4) is 11.8 Å². The van der Waals surface area contributed by atoms with E-state index in [1.54, 1.807) is 0 Å². The van der Waals surface area contributed by atoms with Crippen molar-refractivity contribution in [1.82, 2.24) is 0 Å². The number of hydrogen-bond donors (Lipinski definition) is 1. The second-order valence-electron chi connectivity index (χ2n) is 10.4. The summed E-state index contributed by atoms with van der Waals surface area (Å²) >= 11 is 0. The summed E-state index contributed by atoms with van der Waals surface area (Å²) < 4.78 is 17.8. The molecule has 0 amide bonds. The first-order chi connectivity index (χ1) is 11.6. The van der Waals surface area contributed by atoms with Crippen LogP contribution in [0.15, 0.2) is 0 Å². The van der Waals surface area contributed by atoms with Gasteiger partial charge in [-0.25, -0.2) is 0 Å². The summed E-state index contributed by atoms with van der Waals surface area (Å²) in [7, 11) is -1.84. The summed E-state index contributed by atoms with van der Waals surface area (Å²) in [5.41, 5.74) is -1.46. The van der Waals surface area contributed by atoms with Crippen molar-refractivity contribution in [2.24, 2.45) is 11.3 Å². The molecule has 2 fully saturated rings. The van der Waals surface area contributed by atoms with Crippen LogP contribution in [-0.4, -0.2) is 44.1 Å². The van der Waals surface area contributed by atoms with Gasteiger partial charge in [-0.15, -0.1) is 0 Å². The molecule has 1 aliphatic heterocycles. The van der Waals surface area contributed by atoms with Gasteiger partial charge in [0.15, 0.2) is 8.32 Å². The molecule has 1 N–H and O–H groups in total. The van der Waals surface area contributed by atoms with Crippen LogP contribution in [0.2, 0.25) is 18.1 Å². The Morgan fingerprint density at radius 1 is 1.08 bits per heavy atom. The normalized spacial score (nSPS) is 34.2. The third-order valence-electron chi connectivity index (χ3n) is 6.69.